The summed E-state index contributed by atoms with van der Waals surface area (Å²) >= 11 is 0. The van der Waals surface area contributed by atoms with Gasteiger partial charge in [-0.05, 0) is 61.4 Å². The quantitative estimate of drug-likeness (QED) is 0.410. The first kappa shape index (κ1) is 20.6. The van der Waals surface area contributed by atoms with Crippen molar-refractivity contribution in [3.05, 3.63) is 47.5 Å². The van der Waals surface area contributed by atoms with E-state index >= 15 is 0 Å². The fourth-order valence-electron chi connectivity index (χ4n) is 2.12. The second-order valence-electron chi connectivity index (χ2n) is 5.39. The van der Waals surface area contributed by atoms with E-state index in [1.807, 2.05) is 13.8 Å². The Morgan fingerprint density at radius 3 is 1.71 bits per heavy atom. The van der Waals surface area contributed by atoms with E-state index in [4.69, 9.17) is 9.47 Å². The Morgan fingerprint density at radius 1 is 0.893 bits per heavy atom. The van der Waals surface area contributed by atoms with Gasteiger partial charge in [0.1, 0.15) is 0 Å². The first-order valence-corrected chi connectivity index (χ1v) is 8.57. The lowest BCUT2D eigenvalue weighted by atomic mass is 10.2. The third-order valence-corrected chi connectivity index (χ3v) is 3.33. The van der Waals surface area contributed by atoms with E-state index in [1.54, 1.807) is 24.3 Å². The molecule has 0 fully saturated rings. The van der Waals surface area contributed by atoms with Gasteiger partial charge in [0.05, 0.1) is 25.6 Å². The molecule has 28 heavy (non-hydrogen) atoms. The highest BCUT2D eigenvalue weighted by Gasteiger charge is 2.03. The van der Waals surface area contributed by atoms with Crippen LogP contribution in [0.5, 0.6) is 23.0 Å². The molecule has 2 aromatic carbocycles. The molecule has 148 valence electrons. The van der Waals surface area contributed by atoms with Gasteiger partial charge in [-0.25, -0.2) is 15.6 Å². The van der Waals surface area contributed by atoms with Crippen molar-refractivity contribution in [2.45, 2.75) is 13.8 Å². The number of carbonyl (C=O) groups is 1. The summed E-state index contributed by atoms with van der Waals surface area (Å²) in [5, 5.41) is 26.9. The zero-order valence-corrected chi connectivity index (χ0v) is 15.5. The van der Waals surface area contributed by atoms with Crippen LogP contribution < -0.4 is 20.3 Å². The van der Waals surface area contributed by atoms with E-state index in [0.29, 0.717) is 35.8 Å². The third kappa shape index (κ3) is 6.20. The number of hydrogen-bond acceptors (Lipinski definition) is 7. The molecule has 4 N–H and O–H groups in total. The topological polar surface area (TPSA) is 125 Å². The summed E-state index contributed by atoms with van der Waals surface area (Å²) in [4.78, 5) is 11.7. The Bertz CT molecular complexity index is 798. The van der Waals surface area contributed by atoms with Gasteiger partial charge in [0.25, 0.3) is 0 Å². The molecule has 0 aromatic heterocycles. The van der Waals surface area contributed by atoms with Crippen LogP contribution in [0.25, 0.3) is 0 Å². The van der Waals surface area contributed by atoms with Gasteiger partial charge in [0, 0.05) is 0 Å². The van der Waals surface area contributed by atoms with Crippen molar-refractivity contribution in [3.63, 3.8) is 0 Å². The maximum Gasteiger partial charge on any atom is 0.355 e. The molecule has 0 aliphatic heterocycles. The SMILES string of the molecule is CCOc1cc(C=NNC(=O)NN=Cc2ccc(O)c(OCC)c2)ccc1O. The molecule has 0 unspecified atom stereocenters. The highest BCUT2D eigenvalue weighted by Crippen LogP contribution is 2.26. The molecule has 9 heteroatoms. The predicted octanol–water partition coefficient (Wildman–Crippen LogP) is 2.56. The summed E-state index contributed by atoms with van der Waals surface area (Å²) in [6.45, 7) is 4.45. The number of urea groups is 1. The monoisotopic (exact) mass is 386 g/mol. The Hall–Kier alpha value is -3.75. The molecule has 0 saturated carbocycles. The van der Waals surface area contributed by atoms with Crippen LogP contribution in [0.4, 0.5) is 4.79 Å². The van der Waals surface area contributed by atoms with Crippen LogP contribution in [0.15, 0.2) is 46.6 Å². The fourth-order valence-corrected chi connectivity index (χ4v) is 2.12. The molecule has 9 nitrogen and oxygen atoms in total. The lowest BCUT2D eigenvalue weighted by molar-refractivity contribution is 0.242. The second kappa shape index (κ2) is 10.4. The summed E-state index contributed by atoms with van der Waals surface area (Å²) in [6.07, 6.45) is 2.80. The van der Waals surface area contributed by atoms with Gasteiger partial charge in [0.15, 0.2) is 23.0 Å². The largest absolute Gasteiger partial charge is 0.504 e. The van der Waals surface area contributed by atoms with Crippen molar-refractivity contribution < 1.29 is 24.5 Å². The molecule has 2 amide bonds. The summed E-state index contributed by atoms with van der Waals surface area (Å²) in [6, 6.07) is 8.76. The van der Waals surface area contributed by atoms with Crippen LogP contribution in [0.1, 0.15) is 25.0 Å². The maximum absolute atomic E-state index is 11.7. The molecule has 0 bridgehead atoms. The first-order chi connectivity index (χ1) is 13.5. The highest BCUT2D eigenvalue weighted by molar-refractivity contribution is 5.84. The number of ether oxygens (including phenoxy) is 2. The van der Waals surface area contributed by atoms with Gasteiger partial charge >= 0.3 is 6.03 Å². The molecular weight excluding hydrogens is 364 g/mol. The van der Waals surface area contributed by atoms with E-state index < -0.39 is 6.03 Å². The number of phenolic OH excluding ortho intramolecular Hbond substituents is 2. The number of hydrazone groups is 2. The minimum absolute atomic E-state index is 0.0285. The van der Waals surface area contributed by atoms with Crippen molar-refractivity contribution in [1.82, 2.24) is 10.9 Å². The zero-order valence-electron chi connectivity index (χ0n) is 15.5. The summed E-state index contributed by atoms with van der Waals surface area (Å²) < 4.78 is 10.6. The second-order valence-corrected chi connectivity index (χ2v) is 5.39. The van der Waals surface area contributed by atoms with Crippen molar-refractivity contribution in [2.24, 2.45) is 10.2 Å². The number of rotatable bonds is 8. The normalized spacial score (nSPS) is 10.9. The van der Waals surface area contributed by atoms with Crippen LogP contribution in [-0.2, 0) is 0 Å². The molecule has 0 aliphatic carbocycles. The van der Waals surface area contributed by atoms with Crippen molar-refractivity contribution >= 4 is 18.5 Å². The molecule has 0 atom stereocenters. The molecule has 0 heterocycles. The third-order valence-electron chi connectivity index (χ3n) is 3.33. The number of hydrogen-bond donors (Lipinski definition) is 4. The number of nitrogens with one attached hydrogen (secondary N) is 2. The van der Waals surface area contributed by atoms with Crippen LogP contribution in [0.3, 0.4) is 0 Å². The van der Waals surface area contributed by atoms with Gasteiger partial charge in [-0.3, -0.25) is 0 Å². The number of carbonyl (C=O) groups excluding carboxylic acids is 1. The van der Waals surface area contributed by atoms with Gasteiger partial charge in [-0.1, -0.05) is 0 Å². The molecular formula is C19H22N4O5. The zero-order chi connectivity index (χ0) is 20.4. The van der Waals surface area contributed by atoms with Crippen molar-refractivity contribution in [1.29, 1.82) is 0 Å². The predicted molar refractivity (Wildman–Crippen MR) is 105 cm³/mol. The minimum atomic E-state index is -0.639. The van der Waals surface area contributed by atoms with E-state index in [1.165, 1.54) is 24.6 Å². The lowest BCUT2D eigenvalue weighted by Crippen LogP contribution is -2.28. The summed E-state index contributed by atoms with van der Waals surface area (Å²) in [5.74, 6) is 0.725. The number of nitrogens with zero attached hydrogens (tertiary/aromatic N) is 2. The van der Waals surface area contributed by atoms with Crippen molar-refractivity contribution in [2.75, 3.05) is 13.2 Å². The van der Waals surface area contributed by atoms with Gasteiger partial charge in [0.2, 0.25) is 0 Å². The Kier molecular flexibility index (Phi) is 7.64. The van der Waals surface area contributed by atoms with Gasteiger partial charge in [-0.15, -0.1) is 0 Å². The van der Waals surface area contributed by atoms with Crippen LogP contribution >= 0.6 is 0 Å². The number of aromatic hydroxyl groups is 2. The first-order valence-electron chi connectivity index (χ1n) is 8.57. The number of benzene rings is 2. The molecule has 0 aliphatic rings. The number of amides is 2. The lowest BCUT2D eigenvalue weighted by Gasteiger charge is -2.06. The summed E-state index contributed by atoms with van der Waals surface area (Å²) in [5.41, 5.74) is 5.80. The molecule has 0 saturated heterocycles. The fraction of sp³-hybridized carbons (Fsp3) is 0.211. The summed E-state index contributed by atoms with van der Waals surface area (Å²) in [7, 11) is 0. The van der Waals surface area contributed by atoms with Gasteiger partial charge < -0.3 is 19.7 Å². The average molecular weight is 386 g/mol. The van der Waals surface area contributed by atoms with Gasteiger partial charge in [-0.2, -0.15) is 10.2 Å². The van der Waals surface area contributed by atoms with E-state index in [0.717, 1.165) is 0 Å². The standard InChI is InChI=1S/C19H22N4O5/c1-3-27-17-9-13(5-7-15(17)24)11-20-22-19(26)23-21-12-14-6-8-16(25)18(10-14)28-4-2/h5-12,24-25H,3-4H2,1-2H3,(H2,22,23,26). The van der Waals surface area contributed by atoms with Crippen LogP contribution in [0.2, 0.25) is 0 Å². The van der Waals surface area contributed by atoms with Crippen LogP contribution in [-0.4, -0.2) is 41.9 Å². The Morgan fingerprint density at radius 2 is 1.32 bits per heavy atom. The highest BCUT2D eigenvalue weighted by atomic mass is 16.5. The molecule has 2 aromatic rings. The Labute approximate surface area is 162 Å². The van der Waals surface area contributed by atoms with Crippen molar-refractivity contribution in [3.8, 4) is 23.0 Å². The molecule has 0 spiro atoms. The average Bonchev–Trinajstić information content (AvgIpc) is 2.67. The number of phenols is 2. The van der Waals surface area contributed by atoms with E-state index in [9.17, 15) is 15.0 Å². The molecule has 2 rings (SSSR count). The Balaban J connectivity index is 1.87. The van der Waals surface area contributed by atoms with E-state index in [-0.39, 0.29) is 11.5 Å². The smallest absolute Gasteiger partial charge is 0.355 e. The maximum atomic E-state index is 11.7. The minimum Gasteiger partial charge on any atom is -0.504 e. The molecule has 0 radical (unpaired) electrons. The van der Waals surface area contributed by atoms with Crippen LogP contribution in [0, 0.1) is 0 Å². The van der Waals surface area contributed by atoms with E-state index in [2.05, 4.69) is 21.1 Å².